The van der Waals surface area contributed by atoms with Crippen molar-refractivity contribution in [2.45, 2.75) is 45.4 Å². The fraction of sp³-hybridized carbons (Fsp3) is 0.900. The Bertz CT molecular complexity index is 145. The van der Waals surface area contributed by atoms with Crippen LogP contribution >= 0.6 is 0 Å². The van der Waals surface area contributed by atoms with Crippen molar-refractivity contribution in [2.24, 2.45) is 5.92 Å². The Balaban J connectivity index is 2.10. The van der Waals surface area contributed by atoms with E-state index in [1.165, 1.54) is 32.1 Å². The van der Waals surface area contributed by atoms with Crippen LogP contribution in [-0.2, 0) is 4.79 Å². The minimum atomic E-state index is 0.253. The smallest absolute Gasteiger partial charge is 0.220 e. The molecule has 70 valence electrons. The van der Waals surface area contributed by atoms with Crippen molar-refractivity contribution in [3.63, 3.8) is 0 Å². The van der Waals surface area contributed by atoms with Crippen molar-refractivity contribution in [1.82, 2.24) is 5.32 Å². The van der Waals surface area contributed by atoms with Gasteiger partial charge < -0.3 is 5.32 Å². The fourth-order valence-corrected chi connectivity index (χ4v) is 1.78. The average Bonchev–Trinajstić information content (AvgIpc) is 2.05. The van der Waals surface area contributed by atoms with E-state index in [9.17, 15) is 4.79 Å². The Morgan fingerprint density at radius 3 is 3.00 bits per heavy atom. The van der Waals surface area contributed by atoms with E-state index in [-0.39, 0.29) is 5.91 Å². The topological polar surface area (TPSA) is 29.1 Å². The monoisotopic (exact) mass is 169 g/mol. The average molecular weight is 169 g/mol. The van der Waals surface area contributed by atoms with Gasteiger partial charge in [0.05, 0.1) is 0 Å². The normalized spacial score (nSPS) is 23.8. The zero-order valence-corrected chi connectivity index (χ0v) is 7.94. The summed E-state index contributed by atoms with van der Waals surface area (Å²) in [6, 6.07) is 0. The van der Waals surface area contributed by atoms with Crippen LogP contribution in [0.1, 0.15) is 45.4 Å². The quantitative estimate of drug-likeness (QED) is 0.641. The lowest BCUT2D eigenvalue weighted by Crippen LogP contribution is -2.33. The van der Waals surface area contributed by atoms with Crippen molar-refractivity contribution in [2.75, 3.05) is 6.54 Å². The molecule has 1 aliphatic heterocycles. The van der Waals surface area contributed by atoms with Gasteiger partial charge in [-0.1, -0.05) is 26.2 Å². The number of carbonyl (C=O) groups excluding carboxylic acids is 1. The summed E-state index contributed by atoms with van der Waals surface area (Å²) in [7, 11) is 0. The van der Waals surface area contributed by atoms with Crippen LogP contribution in [0, 0.1) is 5.92 Å². The summed E-state index contributed by atoms with van der Waals surface area (Å²) < 4.78 is 0. The third-order valence-corrected chi connectivity index (χ3v) is 2.56. The number of carbonyl (C=O) groups is 1. The van der Waals surface area contributed by atoms with Crippen molar-refractivity contribution < 1.29 is 4.79 Å². The summed E-state index contributed by atoms with van der Waals surface area (Å²) in [6.45, 7) is 3.11. The van der Waals surface area contributed by atoms with E-state index in [1.54, 1.807) is 0 Å². The summed E-state index contributed by atoms with van der Waals surface area (Å²) in [5.41, 5.74) is 0. The maximum absolute atomic E-state index is 11.0. The van der Waals surface area contributed by atoms with E-state index >= 15 is 0 Å². The molecule has 0 aromatic rings. The third kappa shape index (κ3) is 3.24. The Hall–Kier alpha value is -0.530. The molecule has 1 unspecified atom stereocenters. The maximum atomic E-state index is 11.0. The predicted octanol–water partition coefficient (Wildman–Crippen LogP) is 2.09. The largest absolute Gasteiger partial charge is 0.356 e. The standard InChI is InChI=1S/C10H19NO/c1-2-3-4-5-9-6-7-11-10(12)8-9/h9H,2-8H2,1H3,(H,11,12). The van der Waals surface area contributed by atoms with Gasteiger partial charge in [0.2, 0.25) is 5.91 Å². The summed E-state index contributed by atoms with van der Waals surface area (Å²) in [6.07, 6.45) is 7.10. The lowest BCUT2D eigenvalue weighted by molar-refractivity contribution is -0.123. The first kappa shape index (κ1) is 9.56. The highest BCUT2D eigenvalue weighted by Crippen LogP contribution is 2.19. The molecular weight excluding hydrogens is 150 g/mol. The second kappa shape index (κ2) is 5.18. The van der Waals surface area contributed by atoms with Crippen molar-refractivity contribution in [1.29, 1.82) is 0 Å². The van der Waals surface area contributed by atoms with Crippen LogP contribution < -0.4 is 5.32 Å². The molecule has 1 amide bonds. The molecule has 12 heavy (non-hydrogen) atoms. The van der Waals surface area contributed by atoms with Crippen LogP contribution in [0.4, 0.5) is 0 Å². The van der Waals surface area contributed by atoms with Crippen molar-refractivity contribution >= 4 is 5.91 Å². The molecule has 1 fully saturated rings. The molecule has 0 spiro atoms. The Morgan fingerprint density at radius 2 is 2.33 bits per heavy atom. The zero-order chi connectivity index (χ0) is 8.81. The van der Waals surface area contributed by atoms with Gasteiger partial charge in [-0.15, -0.1) is 0 Å². The molecule has 1 saturated heterocycles. The summed E-state index contributed by atoms with van der Waals surface area (Å²) in [5.74, 6) is 0.924. The molecule has 1 N–H and O–H groups in total. The van der Waals surface area contributed by atoms with Gasteiger partial charge in [0.1, 0.15) is 0 Å². The number of rotatable bonds is 4. The second-order valence-electron chi connectivity index (χ2n) is 3.70. The highest BCUT2D eigenvalue weighted by atomic mass is 16.1. The van der Waals surface area contributed by atoms with E-state index < -0.39 is 0 Å². The highest BCUT2D eigenvalue weighted by molar-refractivity contribution is 5.76. The summed E-state index contributed by atoms with van der Waals surface area (Å²) in [4.78, 5) is 11.0. The first-order valence-corrected chi connectivity index (χ1v) is 5.09. The molecule has 1 rings (SSSR count). The highest BCUT2D eigenvalue weighted by Gasteiger charge is 2.17. The van der Waals surface area contributed by atoms with Crippen molar-refractivity contribution in [3.8, 4) is 0 Å². The van der Waals surface area contributed by atoms with Gasteiger partial charge in [0.25, 0.3) is 0 Å². The van der Waals surface area contributed by atoms with Gasteiger partial charge in [-0.05, 0) is 18.8 Å². The number of unbranched alkanes of at least 4 members (excludes halogenated alkanes) is 2. The molecule has 1 heterocycles. The maximum Gasteiger partial charge on any atom is 0.220 e. The molecule has 0 aromatic heterocycles. The Kier molecular flexibility index (Phi) is 4.12. The van der Waals surface area contributed by atoms with Gasteiger partial charge in [0.15, 0.2) is 0 Å². The lowest BCUT2D eigenvalue weighted by atomic mass is 9.92. The van der Waals surface area contributed by atoms with Gasteiger partial charge in [-0.25, -0.2) is 0 Å². The zero-order valence-electron chi connectivity index (χ0n) is 7.94. The Morgan fingerprint density at radius 1 is 1.50 bits per heavy atom. The van der Waals surface area contributed by atoms with E-state index in [1.807, 2.05) is 0 Å². The second-order valence-corrected chi connectivity index (χ2v) is 3.70. The fourth-order valence-electron chi connectivity index (χ4n) is 1.78. The molecular formula is C10H19NO. The van der Waals surface area contributed by atoms with Gasteiger partial charge in [-0.2, -0.15) is 0 Å². The van der Waals surface area contributed by atoms with E-state index in [0.29, 0.717) is 5.92 Å². The number of nitrogens with one attached hydrogen (secondary N) is 1. The van der Waals surface area contributed by atoms with E-state index in [2.05, 4.69) is 12.2 Å². The van der Waals surface area contributed by atoms with Crippen molar-refractivity contribution in [3.05, 3.63) is 0 Å². The molecule has 0 aliphatic carbocycles. The van der Waals surface area contributed by atoms with Crippen LogP contribution in [0.25, 0.3) is 0 Å². The number of hydrogen-bond acceptors (Lipinski definition) is 1. The van der Waals surface area contributed by atoms with Crippen LogP contribution in [-0.4, -0.2) is 12.5 Å². The molecule has 0 aromatic carbocycles. The van der Waals surface area contributed by atoms with Crippen LogP contribution in [0.15, 0.2) is 0 Å². The first-order chi connectivity index (χ1) is 5.83. The van der Waals surface area contributed by atoms with Crippen LogP contribution in [0.3, 0.4) is 0 Å². The van der Waals surface area contributed by atoms with Gasteiger partial charge >= 0.3 is 0 Å². The molecule has 2 nitrogen and oxygen atoms in total. The summed E-state index contributed by atoms with van der Waals surface area (Å²) in [5, 5.41) is 2.86. The van der Waals surface area contributed by atoms with Gasteiger partial charge in [0, 0.05) is 13.0 Å². The predicted molar refractivity (Wildman–Crippen MR) is 49.9 cm³/mol. The minimum absolute atomic E-state index is 0.253. The lowest BCUT2D eigenvalue weighted by Gasteiger charge is -2.21. The van der Waals surface area contributed by atoms with E-state index in [4.69, 9.17) is 0 Å². The minimum Gasteiger partial charge on any atom is -0.356 e. The Labute approximate surface area is 74.7 Å². The van der Waals surface area contributed by atoms with Crippen LogP contribution in [0.2, 0.25) is 0 Å². The van der Waals surface area contributed by atoms with Gasteiger partial charge in [-0.3, -0.25) is 4.79 Å². The molecule has 0 bridgehead atoms. The number of amides is 1. The number of hydrogen-bond donors (Lipinski definition) is 1. The molecule has 0 saturated carbocycles. The molecule has 0 radical (unpaired) electrons. The molecule has 1 atom stereocenters. The number of piperidine rings is 1. The third-order valence-electron chi connectivity index (χ3n) is 2.56. The SMILES string of the molecule is CCCCCC1CCNC(=O)C1. The molecule has 2 heteroatoms. The van der Waals surface area contributed by atoms with E-state index in [0.717, 1.165) is 13.0 Å². The first-order valence-electron chi connectivity index (χ1n) is 5.09. The van der Waals surface area contributed by atoms with Crippen LogP contribution in [0.5, 0.6) is 0 Å². The molecule has 1 aliphatic rings. The summed E-state index contributed by atoms with van der Waals surface area (Å²) >= 11 is 0.